The van der Waals surface area contributed by atoms with Crippen molar-refractivity contribution in [2.24, 2.45) is 5.41 Å². The maximum absolute atomic E-state index is 11.7. The first-order valence-electron chi connectivity index (χ1n) is 8.13. The van der Waals surface area contributed by atoms with Crippen molar-refractivity contribution in [1.82, 2.24) is 5.32 Å². The van der Waals surface area contributed by atoms with Crippen molar-refractivity contribution < 1.29 is 19.1 Å². The van der Waals surface area contributed by atoms with E-state index >= 15 is 0 Å². The molecule has 0 radical (unpaired) electrons. The number of hydrogen-bond donors (Lipinski definition) is 1. The van der Waals surface area contributed by atoms with Crippen molar-refractivity contribution in [3.05, 3.63) is 48.0 Å². The lowest BCUT2D eigenvalue weighted by atomic mass is 9.79. The normalized spacial score (nSPS) is 12.8. The van der Waals surface area contributed by atoms with Gasteiger partial charge in [-0.05, 0) is 37.3 Å². The van der Waals surface area contributed by atoms with Crippen LogP contribution in [0.2, 0.25) is 0 Å². The van der Waals surface area contributed by atoms with Crippen LogP contribution in [0.1, 0.15) is 50.4 Å². The average molecular weight is 333 g/mol. The molecule has 1 unspecified atom stereocenters. The molecule has 0 aromatic heterocycles. The standard InChI is InChI=1S/C19H27NO4/c1-5-19(4,13-15(2)3)11-12-20-18(22)24-14-23-17(21)16-9-7-6-8-10-16/h6-10H,2,5,11-14H2,1,3-4H3,(H,20,22). The Kier molecular flexibility index (Phi) is 8.02. The zero-order valence-corrected chi connectivity index (χ0v) is 14.8. The number of benzene rings is 1. The SMILES string of the molecule is C=C(C)CC(C)(CC)CCNC(=O)OCOC(=O)c1ccccc1. The lowest BCUT2D eigenvalue weighted by Gasteiger charge is -2.28. The lowest BCUT2D eigenvalue weighted by molar-refractivity contribution is -0.00239. The van der Waals surface area contributed by atoms with Gasteiger partial charge in [0.15, 0.2) is 0 Å². The highest BCUT2D eigenvalue weighted by molar-refractivity contribution is 5.89. The molecule has 0 heterocycles. The zero-order valence-electron chi connectivity index (χ0n) is 14.8. The summed E-state index contributed by atoms with van der Waals surface area (Å²) in [5.74, 6) is -0.525. The minimum absolute atomic E-state index is 0.110. The molecule has 0 saturated carbocycles. The number of esters is 1. The summed E-state index contributed by atoms with van der Waals surface area (Å²) < 4.78 is 9.74. The highest BCUT2D eigenvalue weighted by Gasteiger charge is 2.22. The van der Waals surface area contributed by atoms with E-state index in [0.717, 1.165) is 24.8 Å². The van der Waals surface area contributed by atoms with Crippen LogP contribution in [0.5, 0.6) is 0 Å². The van der Waals surface area contributed by atoms with E-state index in [1.54, 1.807) is 30.3 Å². The van der Waals surface area contributed by atoms with Crippen molar-refractivity contribution in [2.75, 3.05) is 13.3 Å². The van der Waals surface area contributed by atoms with Crippen LogP contribution in [0.4, 0.5) is 4.79 Å². The molecule has 1 amide bonds. The lowest BCUT2D eigenvalue weighted by Crippen LogP contribution is -2.30. The summed E-state index contributed by atoms with van der Waals surface area (Å²) in [4.78, 5) is 23.3. The Morgan fingerprint density at radius 1 is 1.21 bits per heavy atom. The van der Waals surface area contributed by atoms with Gasteiger partial charge in [-0.2, -0.15) is 0 Å². The molecular weight excluding hydrogens is 306 g/mol. The minimum atomic E-state index is -0.593. The molecule has 1 atom stereocenters. The van der Waals surface area contributed by atoms with Gasteiger partial charge in [0.25, 0.3) is 0 Å². The third-order valence-electron chi connectivity index (χ3n) is 3.97. The molecule has 24 heavy (non-hydrogen) atoms. The Hall–Kier alpha value is -2.30. The molecule has 0 aliphatic rings. The van der Waals surface area contributed by atoms with Gasteiger partial charge in [-0.3, -0.25) is 0 Å². The van der Waals surface area contributed by atoms with Crippen LogP contribution in [0.15, 0.2) is 42.5 Å². The Balaban J connectivity index is 2.25. The molecule has 0 aliphatic heterocycles. The number of alkyl carbamates (subject to hydrolysis) is 1. The van der Waals surface area contributed by atoms with Gasteiger partial charge in [0.1, 0.15) is 0 Å². The van der Waals surface area contributed by atoms with E-state index in [4.69, 9.17) is 9.47 Å². The first kappa shape index (κ1) is 19.7. The smallest absolute Gasteiger partial charge is 0.410 e. The van der Waals surface area contributed by atoms with Crippen LogP contribution in [-0.2, 0) is 9.47 Å². The second-order valence-electron chi connectivity index (χ2n) is 6.32. The van der Waals surface area contributed by atoms with E-state index in [1.807, 2.05) is 6.92 Å². The quantitative estimate of drug-likeness (QED) is 0.416. The fourth-order valence-electron chi connectivity index (χ4n) is 2.43. The minimum Gasteiger partial charge on any atom is -0.424 e. The molecule has 1 N–H and O–H groups in total. The summed E-state index contributed by atoms with van der Waals surface area (Å²) in [6, 6.07) is 8.55. The van der Waals surface area contributed by atoms with Gasteiger partial charge in [-0.1, -0.05) is 44.0 Å². The van der Waals surface area contributed by atoms with Crippen molar-refractivity contribution in [3.8, 4) is 0 Å². The molecule has 5 heteroatoms. The first-order chi connectivity index (χ1) is 11.4. The number of hydrogen-bond acceptors (Lipinski definition) is 4. The number of amides is 1. The molecule has 0 fully saturated rings. The molecule has 0 aliphatic carbocycles. The van der Waals surface area contributed by atoms with Gasteiger partial charge in [0, 0.05) is 6.54 Å². The monoisotopic (exact) mass is 333 g/mol. The highest BCUT2D eigenvalue weighted by Crippen LogP contribution is 2.32. The van der Waals surface area contributed by atoms with E-state index in [1.165, 1.54) is 0 Å². The Labute approximate surface area is 144 Å². The van der Waals surface area contributed by atoms with Gasteiger partial charge in [-0.25, -0.2) is 9.59 Å². The number of carbonyl (C=O) groups excluding carboxylic acids is 2. The van der Waals surface area contributed by atoms with Crippen molar-refractivity contribution in [1.29, 1.82) is 0 Å². The molecule has 1 aromatic rings. The maximum Gasteiger partial charge on any atom is 0.410 e. The fraction of sp³-hybridized carbons (Fsp3) is 0.474. The van der Waals surface area contributed by atoms with E-state index in [-0.39, 0.29) is 5.41 Å². The van der Waals surface area contributed by atoms with Gasteiger partial charge in [0.05, 0.1) is 5.56 Å². The van der Waals surface area contributed by atoms with Crippen molar-refractivity contribution >= 4 is 12.1 Å². The van der Waals surface area contributed by atoms with Crippen LogP contribution in [0.3, 0.4) is 0 Å². The second kappa shape index (κ2) is 9.75. The summed E-state index contributed by atoms with van der Waals surface area (Å²) in [6.45, 7) is 10.4. The van der Waals surface area contributed by atoms with Crippen LogP contribution < -0.4 is 5.32 Å². The van der Waals surface area contributed by atoms with Crippen molar-refractivity contribution in [3.63, 3.8) is 0 Å². The summed E-state index contributed by atoms with van der Waals surface area (Å²) in [5.41, 5.74) is 1.66. The second-order valence-corrected chi connectivity index (χ2v) is 6.32. The Morgan fingerprint density at radius 3 is 2.46 bits per heavy atom. The zero-order chi connectivity index (χ0) is 18.0. The highest BCUT2D eigenvalue weighted by atomic mass is 16.7. The summed E-state index contributed by atoms with van der Waals surface area (Å²) in [6.07, 6.45) is 2.17. The summed E-state index contributed by atoms with van der Waals surface area (Å²) in [7, 11) is 0. The number of nitrogens with one attached hydrogen (secondary N) is 1. The van der Waals surface area contributed by atoms with Crippen molar-refractivity contribution in [2.45, 2.75) is 40.0 Å². The van der Waals surface area contributed by atoms with Crippen LogP contribution >= 0.6 is 0 Å². The molecule has 1 rings (SSSR count). The first-order valence-corrected chi connectivity index (χ1v) is 8.13. The topological polar surface area (TPSA) is 64.6 Å². The summed E-state index contributed by atoms with van der Waals surface area (Å²) >= 11 is 0. The molecule has 132 valence electrons. The van der Waals surface area contributed by atoms with Gasteiger partial charge < -0.3 is 14.8 Å². The largest absolute Gasteiger partial charge is 0.424 e. The fourth-order valence-corrected chi connectivity index (χ4v) is 2.43. The maximum atomic E-state index is 11.7. The average Bonchev–Trinajstić information content (AvgIpc) is 2.55. The van der Waals surface area contributed by atoms with Crippen LogP contribution in [0, 0.1) is 5.41 Å². The third kappa shape index (κ3) is 7.31. The molecule has 0 saturated heterocycles. The van der Waals surface area contributed by atoms with Gasteiger partial charge in [-0.15, -0.1) is 6.58 Å². The van der Waals surface area contributed by atoms with E-state index in [2.05, 4.69) is 25.7 Å². The predicted octanol–water partition coefficient (Wildman–Crippen LogP) is 4.30. The van der Waals surface area contributed by atoms with E-state index in [9.17, 15) is 9.59 Å². The number of carbonyl (C=O) groups is 2. The summed E-state index contributed by atoms with van der Waals surface area (Å²) in [5, 5.41) is 2.68. The number of rotatable bonds is 9. The molecule has 0 bridgehead atoms. The van der Waals surface area contributed by atoms with Gasteiger partial charge in [0.2, 0.25) is 6.79 Å². The van der Waals surface area contributed by atoms with E-state index < -0.39 is 18.9 Å². The number of ether oxygens (including phenoxy) is 2. The molecule has 5 nitrogen and oxygen atoms in total. The van der Waals surface area contributed by atoms with E-state index in [0.29, 0.717) is 12.1 Å². The van der Waals surface area contributed by atoms with Gasteiger partial charge >= 0.3 is 12.1 Å². The third-order valence-corrected chi connectivity index (χ3v) is 3.97. The molecule has 0 spiro atoms. The molecule has 1 aromatic carbocycles. The predicted molar refractivity (Wildman–Crippen MR) is 93.7 cm³/mol. The van der Waals surface area contributed by atoms with Crippen LogP contribution in [-0.4, -0.2) is 25.4 Å². The Morgan fingerprint density at radius 2 is 1.88 bits per heavy atom. The van der Waals surface area contributed by atoms with Crippen LogP contribution in [0.25, 0.3) is 0 Å². The Bertz CT molecular complexity index is 556. The number of allylic oxidation sites excluding steroid dienone is 1. The molecular formula is C19H27NO4.